The van der Waals surface area contributed by atoms with Crippen LogP contribution in [-0.2, 0) is 10.2 Å². The summed E-state index contributed by atoms with van der Waals surface area (Å²) < 4.78 is 1.08. The summed E-state index contributed by atoms with van der Waals surface area (Å²) in [5.74, 6) is -0.201. The summed E-state index contributed by atoms with van der Waals surface area (Å²) in [6.45, 7) is 3.88. The van der Waals surface area contributed by atoms with Crippen molar-refractivity contribution in [3.05, 3.63) is 34.3 Å². The molecule has 19 heavy (non-hydrogen) atoms. The maximum atomic E-state index is 11.9. The van der Waals surface area contributed by atoms with Crippen LogP contribution in [0.1, 0.15) is 32.3 Å². The molecule has 1 aliphatic carbocycles. The van der Waals surface area contributed by atoms with Crippen molar-refractivity contribution in [3.63, 3.8) is 0 Å². The molecule has 0 heterocycles. The summed E-state index contributed by atoms with van der Waals surface area (Å²) in [4.78, 5) is 11.9. The molecule has 1 N–H and O–H groups in total. The second-order valence-electron chi connectivity index (χ2n) is 5.68. The predicted molar refractivity (Wildman–Crippen MR) is 77.5 cm³/mol. The lowest BCUT2D eigenvalue weighted by Gasteiger charge is -2.21. The standard InChI is InChI=1S/C15H17BrN2O/c1-14(2,9-17)13(19)18-10-15(7-8-15)11-5-3-4-6-12(11)16/h3-6H,7-8,10H2,1-2H3,(H,18,19). The second kappa shape index (κ2) is 4.97. The molecule has 0 radical (unpaired) electrons. The molecular weight excluding hydrogens is 304 g/mol. The number of carbonyl (C=O) groups is 1. The predicted octanol–water partition coefficient (Wildman–Crippen LogP) is 3.15. The first-order valence-electron chi connectivity index (χ1n) is 6.36. The Morgan fingerprint density at radius 1 is 1.47 bits per heavy atom. The molecule has 0 saturated heterocycles. The Labute approximate surface area is 122 Å². The molecule has 4 heteroatoms. The van der Waals surface area contributed by atoms with Crippen molar-refractivity contribution in [2.75, 3.05) is 6.54 Å². The lowest BCUT2D eigenvalue weighted by atomic mass is 9.92. The Hall–Kier alpha value is -1.34. The van der Waals surface area contributed by atoms with Gasteiger partial charge in [0.1, 0.15) is 5.41 Å². The van der Waals surface area contributed by atoms with Crippen molar-refractivity contribution in [1.29, 1.82) is 5.26 Å². The minimum Gasteiger partial charge on any atom is -0.354 e. The highest BCUT2D eigenvalue weighted by atomic mass is 79.9. The molecule has 3 nitrogen and oxygen atoms in total. The summed E-state index contributed by atoms with van der Waals surface area (Å²) in [7, 11) is 0. The Morgan fingerprint density at radius 3 is 2.63 bits per heavy atom. The number of hydrogen-bond donors (Lipinski definition) is 1. The van der Waals surface area contributed by atoms with Crippen LogP contribution in [0.15, 0.2) is 28.7 Å². The molecule has 1 aromatic rings. The Kier molecular flexibility index (Phi) is 3.69. The number of carbonyl (C=O) groups excluding carboxylic acids is 1. The molecule has 1 aliphatic rings. The van der Waals surface area contributed by atoms with Crippen molar-refractivity contribution in [2.24, 2.45) is 5.41 Å². The molecule has 1 amide bonds. The summed E-state index contributed by atoms with van der Waals surface area (Å²) in [5, 5.41) is 11.9. The summed E-state index contributed by atoms with van der Waals surface area (Å²) in [5.41, 5.74) is 0.315. The third kappa shape index (κ3) is 2.82. The maximum absolute atomic E-state index is 11.9. The van der Waals surface area contributed by atoms with Gasteiger partial charge in [0, 0.05) is 16.4 Å². The summed E-state index contributed by atoms with van der Waals surface area (Å²) in [6.07, 6.45) is 2.14. The van der Waals surface area contributed by atoms with Gasteiger partial charge in [-0.05, 0) is 38.3 Å². The minimum atomic E-state index is -0.968. The van der Waals surface area contributed by atoms with Crippen LogP contribution in [0.4, 0.5) is 0 Å². The van der Waals surface area contributed by atoms with E-state index in [1.165, 1.54) is 5.56 Å². The maximum Gasteiger partial charge on any atom is 0.239 e. The average Bonchev–Trinajstić information content (AvgIpc) is 3.17. The van der Waals surface area contributed by atoms with Crippen LogP contribution in [0.2, 0.25) is 0 Å². The fourth-order valence-electron chi connectivity index (χ4n) is 2.10. The van der Waals surface area contributed by atoms with E-state index < -0.39 is 5.41 Å². The van der Waals surface area contributed by atoms with Gasteiger partial charge in [0.2, 0.25) is 5.91 Å². The molecule has 1 aromatic carbocycles. The van der Waals surface area contributed by atoms with Crippen molar-refractivity contribution in [1.82, 2.24) is 5.32 Å². The van der Waals surface area contributed by atoms with Crippen molar-refractivity contribution < 1.29 is 4.79 Å². The molecule has 0 bridgehead atoms. The SMILES string of the molecule is CC(C)(C#N)C(=O)NCC1(c2ccccc2Br)CC1. The Morgan fingerprint density at radius 2 is 2.11 bits per heavy atom. The van der Waals surface area contributed by atoms with Gasteiger partial charge in [0.15, 0.2) is 0 Å². The number of nitrogens with zero attached hydrogens (tertiary/aromatic N) is 1. The van der Waals surface area contributed by atoms with Crippen molar-refractivity contribution >= 4 is 21.8 Å². The largest absolute Gasteiger partial charge is 0.354 e. The molecule has 0 atom stereocenters. The van der Waals surface area contributed by atoms with E-state index in [-0.39, 0.29) is 11.3 Å². The quantitative estimate of drug-likeness (QED) is 0.926. The third-order valence-corrected chi connectivity index (χ3v) is 4.42. The zero-order valence-corrected chi connectivity index (χ0v) is 12.8. The van der Waals surface area contributed by atoms with Crippen molar-refractivity contribution in [3.8, 4) is 6.07 Å². The lowest BCUT2D eigenvalue weighted by Crippen LogP contribution is -2.40. The van der Waals surface area contributed by atoms with Gasteiger partial charge in [-0.15, -0.1) is 0 Å². The Bertz CT molecular complexity index is 541. The zero-order chi connectivity index (χ0) is 14.1. The van der Waals surface area contributed by atoms with E-state index >= 15 is 0 Å². The van der Waals surface area contributed by atoms with E-state index in [0.29, 0.717) is 6.54 Å². The van der Waals surface area contributed by atoms with Crippen LogP contribution in [0.3, 0.4) is 0 Å². The number of amides is 1. The minimum absolute atomic E-state index is 0.0429. The van der Waals surface area contributed by atoms with Gasteiger partial charge in [-0.25, -0.2) is 0 Å². The van der Waals surface area contributed by atoms with E-state index in [4.69, 9.17) is 5.26 Å². The third-order valence-electron chi connectivity index (χ3n) is 3.73. The lowest BCUT2D eigenvalue weighted by molar-refractivity contribution is -0.126. The molecular formula is C15H17BrN2O. The van der Waals surface area contributed by atoms with Crippen LogP contribution in [0, 0.1) is 16.7 Å². The van der Waals surface area contributed by atoms with Crippen LogP contribution in [0.5, 0.6) is 0 Å². The first-order chi connectivity index (χ1) is 8.91. The van der Waals surface area contributed by atoms with Crippen LogP contribution >= 0.6 is 15.9 Å². The molecule has 100 valence electrons. The Balaban J connectivity index is 2.07. The highest BCUT2D eigenvalue weighted by Crippen LogP contribution is 2.49. The summed E-state index contributed by atoms with van der Waals surface area (Å²) >= 11 is 3.57. The van der Waals surface area contributed by atoms with Gasteiger partial charge in [0.25, 0.3) is 0 Å². The van der Waals surface area contributed by atoms with Crippen molar-refractivity contribution in [2.45, 2.75) is 32.1 Å². The van der Waals surface area contributed by atoms with Crippen LogP contribution in [0.25, 0.3) is 0 Å². The molecule has 2 rings (SSSR count). The molecule has 0 aliphatic heterocycles. The van der Waals surface area contributed by atoms with Gasteiger partial charge in [-0.3, -0.25) is 4.79 Å². The number of nitrogens with one attached hydrogen (secondary N) is 1. The monoisotopic (exact) mass is 320 g/mol. The van der Waals surface area contributed by atoms with E-state index in [9.17, 15) is 4.79 Å². The molecule has 0 aromatic heterocycles. The van der Waals surface area contributed by atoms with Gasteiger partial charge in [-0.1, -0.05) is 34.1 Å². The smallest absolute Gasteiger partial charge is 0.239 e. The molecule has 0 spiro atoms. The van der Waals surface area contributed by atoms with E-state index in [1.54, 1.807) is 13.8 Å². The molecule has 1 saturated carbocycles. The fourth-order valence-corrected chi connectivity index (χ4v) is 2.81. The highest BCUT2D eigenvalue weighted by Gasteiger charge is 2.46. The van der Waals surface area contributed by atoms with E-state index in [0.717, 1.165) is 17.3 Å². The second-order valence-corrected chi connectivity index (χ2v) is 6.53. The number of benzene rings is 1. The van der Waals surface area contributed by atoms with Gasteiger partial charge >= 0.3 is 0 Å². The summed E-state index contributed by atoms with van der Waals surface area (Å²) in [6, 6.07) is 10.1. The van der Waals surface area contributed by atoms with E-state index in [2.05, 4.69) is 27.3 Å². The van der Waals surface area contributed by atoms with E-state index in [1.807, 2.05) is 24.3 Å². The van der Waals surface area contributed by atoms with Gasteiger partial charge < -0.3 is 5.32 Å². The number of hydrogen-bond acceptors (Lipinski definition) is 2. The normalized spacial score (nSPS) is 16.5. The number of halogens is 1. The number of nitriles is 1. The van der Waals surface area contributed by atoms with Gasteiger partial charge in [0.05, 0.1) is 6.07 Å². The first-order valence-corrected chi connectivity index (χ1v) is 7.15. The highest BCUT2D eigenvalue weighted by molar-refractivity contribution is 9.10. The average molecular weight is 321 g/mol. The molecule has 0 unspecified atom stereocenters. The fraction of sp³-hybridized carbons (Fsp3) is 0.467. The number of rotatable bonds is 4. The molecule has 1 fully saturated rings. The van der Waals surface area contributed by atoms with Crippen LogP contribution in [-0.4, -0.2) is 12.5 Å². The topological polar surface area (TPSA) is 52.9 Å². The van der Waals surface area contributed by atoms with Gasteiger partial charge in [-0.2, -0.15) is 5.26 Å². The first kappa shape index (κ1) is 14.1. The zero-order valence-electron chi connectivity index (χ0n) is 11.2. The van der Waals surface area contributed by atoms with Crippen LogP contribution < -0.4 is 5.32 Å².